The summed E-state index contributed by atoms with van der Waals surface area (Å²) in [4.78, 5) is 26.2. The van der Waals surface area contributed by atoms with Gasteiger partial charge in [0.15, 0.2) is 5.69 Å². The van der Waals surface area contributed by atoms with Crippen LogP contribution in [-0.4, -0.2) is 39.6 Å². The molecule has 2 aromatic heterocycles. The largest absolute Gasteiger partial charge is 0.464 e. The number of ether oxygens (including phenoxy) is 1. The van der Waals surface area contributed by atoms with E-state index < -0.39 is 5.97 Å². The van der Waals surface area contributed by atoms with Crippen LogP contribution in [0, 0.1) is 0 Å². The first-order chi connectivity index (χ1) is 8.79. The van der Waals surface area contributed by atoms with Gasteiger partial charge >= 0.3 is 5.97 Å². The van der Waals surface area contributed by atoms with Gasteiger partial charge in [-0.25, -0.2) is 14.8 Å². The number of carbonyl (C=O) groups is 1. The third-order valence-electron chi connectivity index (χ3n) is 2.28. The Balaban J connectivity index is 1.91. The molecule has 18 heavy (non-hydrogen) atoms. The van der Waals surface area contributed by atoms with E-state index in [9.17, 15) is 4.79 Å². The van der Waals surface area contributed by atoms with Crippen molar-refractivity contribution in [2.24, 2.45) is 0 Å². The molecule has 0 aliphatic carbocycles. The molecule has 0 aromatic carbocycles. The summed E-state index contributed by atoms with van der Waals surface area (Å²) >= 11 is 0. The third kappa shape index (κ3) is 3.03. The monoisotopic (exact) mass is 247 g/mol. The topological polar surface area (TPSA) is 92.8 Å². The molecule has 0 atom stereocenters. The van der Waals surface area contributed by atoms with Crippen molar-refractivity contribution in [3.63, 3.8) is 0 Å². The molecule has 0 radical (unpaired) electrons. The molecule has 0 aliphatic rings. The first-order valence-electron chi connectivity index (χ1n) is 5.41. The summed E-state index contributed by atoms with van der Waals surface area (Å²) < 4.78 is 4.57. The van der Waals surface area contributed by atoms with Crippen molar-refractivity contribution >= 4 is 11.8 Å². The Kier molecular flexibility index (Phi) is 3.85. The molecular formula is C11H13N5O2. The Labute approximate surface area is 104 Å². The molecule has 94 valence electrons. The number of hydrogen-bond acceptors (Lipinski definition) is 6. The van der Waals surface area contributed by atoms with Crippen LogP contribution in [0.2, 0.25) is 0 Å². The summed E-state index contributed by atoms with van der Waals surface area (Å²) in [5, 5.41) is 3.07. The second-order valence-corrected chi connectivity index (χ2v) is 3.53. The Morgan fingerprint density at radius 1 is 1.39 bits per heavy atom. The van der Waals surface area contributed by atoms with Gasteiger partial charge in [0, 0.05) is 24.9 Å². The Hall–Kier alpha value is -2.44. The van der Waals surface area contributed by atoms with Gasteiger partial charge in [-0.3, -0.25) is 4.98 Å². The second-order valence-electron chi connectivity index (χ2n) is 3.53. The number of nitrogens with zero attached hydrogens (tertiary/aromatic N) is 3. The van der Waals surface area contributed by atoms with E-state index in [0.717, 1.165) is 12.1 Å². The van der Waals surface area contributed by atoms with Gasteiger partial charge in [0.25, 0.3) is 0 Å². The van der Waals surface area contributed by atoms with Crippen LogP contribution in [0.3, 0.4) is 0 Å². The fourth-order valence-corrected chi connectivity index (χ4v) is 1.40. The van der Waals surface area contributed by atoms with Gasteiger partial charge in [-0.2, -0.15) is 0 Å². The zero-order chi connectivity index (χ0) is 12.8. The highest BCUT2D eigenvalue weighted by Gasteiger charge is 2.08. The Morgan fingerprint density at radius 3 is 3.00 bits per heavy atom. The molecule has 0 amide bonds. The maximum Gasteiger partial charge on any atom is 0.358 e. The zero-order valence-corrected chi connectivity index (χ0v) is 9.88. The van der Waals surface area contributed by atoms with Crippen LogP contribution in [0.1, 0.15) is 16.2 Å². The van der Waals surface area contributed by atoms with Crippen molar-refractivity contribution in [2.45, 2.75) is 6.42 Å². The van der Waals surface area contributed by atoms with Gasteiger partial charge in [-0.1, -0.05) is 0 Å². The molecule has 0 unspecified atom stereocenters. The summed E-state index contributed by atoms with van der Waals surface area (Å²) in [5.74, 6) is 0.0390. The molecule has 0 bridgehead atoms. The molecule has 2 heterocycles. The van der Waals surface area contributed by atoms with Crippen LogP contribution in [-0.2, 0) is 11.2 Å². The van der Waals surface area contributed by atoms with Gasteiger partial charge in [0.1, 0.15) is 5.82 Å². The zero-order valence-electron chi connectivity index (χ0n) is 9.88. The standard InChI is InChI=1S/C11H13N5O2/c1-18-11(17)9-5-12-6-10(16-9)14-3-2-8-4-13-7-15-8/h4-7H,2-3H2,1H3,(H,13,15)(H,14,16). The average molecular weight is 247 g/mol. The maximum absolute atomic E-state index is 11.3. The third-order valence-corrected chi connectivity index (χ3v) is 2.28. The van der Waals surface area contributed by atoms with E-state index in [1.54, 1.807) is 18.7 Å². The molecule has 0 aliphatic heterocycles. The second kappa shape index (κ2) is 5.76. The number of H-pyrrole nitrogens is 1. The van der Waals surface area contributed by atoms with Crippen molar-refractivity contribution in [2.75, 3.05) is 19.0 Å². The van der Waals surface area contributed by atoms with E-state index in [2.05, 4.69) is 30.0 Å². The molecule has 2 aromatic rings. The van der Waals surface area contributed by atoms with Crippen molar-refractivity contribution in [3.8, 4) is 0 Å². The summed E-state index contributed by atoms with van der Waals surface area (Å²) in [5.41, 5.74) is 1.21. The molecule has 2 rings (SSSR count). The fourth-order valence-electron chi connectivity index (χ4n) is 1.40. The number of rotatable bonds is 5. The molecule has 0 fully saturated rings. The minimum atomic E-state index is -0.500. The molecule has 7 heteroatoms. The lowest BCUT2D eigenvalue weighted by Gasteiger charge is -2.05. The summed E-state index contributed by atoms with van der Waals surface area (Å²) in [6.45, 7) is 0.668. The van der Waals surface area contributed by atoms with Crippen LogP contribution in [0.15, 0.2) is 24.9 Å². The first-order valence-corrected chi connectivity index (χ1v) is 5.41. The van der Waals surface area contributed by atoms with Gasteiger partial charge in [-0.05, 0) is 0 Å². The molecular weight excluding hydrogens is 234 g/mol. The first kappa shape index (κ1) is 12.0. The summed E-state index contributed by atoms with van der Waals surface area (Å²) in [7, 11) is 1.31. The maximum atomic E-state index is 11.3. The van der Waals surface area contributed by atoms with E-state index in [1.165, 1.54) is 13.3 Å². The lowest BCUT2D eigenvalue weighted by Crippen LogP contribution is -2.10. The van der Waals surface area contributed by atoms with Gasteiger partial charge in [-0.15, -0.1) is 0 Å². The highest BCUT2D eigenvalue weighted by atomic mass is 16.5. The number of hydrogen-bond donors (Lipinski definition) is 2. The molecule has 0 spiro atoms. The van der Waals surface area contributed by atoms with Crippen molar-refractivity contribution in [1.82, 2.24) is 19.9 Å². The minimum absolute atomic E-state index is 0.184. The van der Waals surface area contributed by atoms with Crippen LogP contribution in [0.4, 0.5) is 5.82 Å². The Bertz CT molecular complexity index is 512. The predicted octanol–water partition coefficient (Wildman–Crippen LogP) is 0.641. The molecule has 7 nitrogen and oxygen atoms in total. The molecule has 2 N–H and O–H groups in total. The van der Waals surface area contributed by atoms with Gasteiger partial charge in [0.05, 0.1) is 25.8 Å². The van der Waals surface area contributed by atoms with Crippen LogP contribution in [0.5, 0.6) is 0 Å². The van der Waals surface area contributed by atoms with Gasteiger partial charge in [0.2, 0.25) is 0 Å². The minimum Gasteiger partial charge on any atom is -0.464 e. The van der Waals surface area contributed by atoms with Crippen LogP contribution in [0.25, 0.3) is 0 Å². The number of carbonyl (C=O) groups excluding carboxylic acids is 1. The lowest BCUT2D eigenvalue weighted by molar-refractivity contribution is 0.0593. The number of aromatic nitrogens is 4. The lowest BCUT2D eigenvalue weighted by atomic mass is 10.3. The predicted molar refractivity (Wildman–Crippen MR) is 64.2 cm³/mol. The summed E-state index contributed by atoms with van der Waals surface area (Å²) in [6, 6.07) is 0. The van der Waals surface area contributed by atoms with E-state index >= 15 is 0 Å². The van der Waals surface area contributed by atoms with E-state index in [-0.39, 0.29) is 5.69 Å². The number of anilines is 1. The summed E-state index contributed by atoms with van der Waals surface area (Å²) in [6.07, 6.45) is 7.10. The SMILES string of the molecule is COC(=O)c1cncc(NCCc2cnc[nH]2)n1. The number of imidazole rings is 1. The van der Waals surface area contributed by atoms with Crippen molar-refractivity contribution in [3.05, 3.63) is 36.3 Å². The van der Waals surface area contributed by atoms with E-state index in [0.29, 0.717) is 12.4 Å². The van der Waals surface area contributed by atoms with E-state index in [4.69, 9.17) is 0 Å². The Morgan fingerprint density at radius 2 is 2.28 bits per heavy atom. The highest BCUT2D eigenvalue weighted by molar-refractivity contribution is 5.87. The van der Waals surface area contributed by atoms with Gasteiger partial charge < -0.3 is 15.0 Å². The molecule has 0 saturated heterocycles. The average Bonchev–Trinajstić information content (AvgIpc) is 2.91. The number of methoxy groups -OCH3 is 1. The normalized spacial score (nSPS) is 10.1. The highest BCUT2D eigenvalue weighted by Crippen LogP contribution is 2.03. The van der Waals surface area contributed by atoms with Crippen molar-refractivity contribution < 1.29 is 9.53 Å². The smallest absolute Gasteiger partial charge is 0.358 e. The van der Waals surface area contributed by atoms with Crippen LogP contribution < -0.4 is 5.32 Å². The van der Waals surface area contributed by atoms with Crippen LogP contribution >= 0.6 is 0 Å². The van der Waals surface area contributed by atoms with E-state index in [1.807, 2.05) is 0 Å². The van der Waals surface area contributed by atoms with Crippen molar-refractivity contribution in [1.29, 1.82) is 0 Å². The quantitative estimate of drug-likeness (QED) is 0.753. The number of nitrogens with one attached hydrogen (secondary N) is 2. The molecule has 0 saturated carbocycles. The number of esters is 1. The fraction of sp³-hybridized carbons (Fsp3) is 0.273. The number of aromatic amines is 1.